The number of aliphatic hydroxyl groups excluding tert-OH is 1. The quantitative estimate of drug-likeness (QED) is 0.788. The Kier molecular flexibility index (Phi) is 5.99. The lowest BCUT2D eigenvalue weighted by molar-refractivity contribution is -0.169. The summed E-state index contributed by atoms with van der Waals surface area (Å²) in [5, 5.41) is 10.6. The zero-order chi connectivity index (χ0) is 16.5. The fourth-order valence-electron chi connectivity index (χ4n) is 4.86. The van der Waals surface area contributed by atoms with Crippen molar-refractivity contribution < 1.29 is 9.84 Å². The van der Waals surface area contributed by atoms with Gasteiger partial charge in [-0.15, -0.1) is 0 Å². The van der Waals surface area contributed by atoms with Crippen molar-refractivity contribution in [1.29, 1.82) is 0 Å². The predicted octanol–water partition coefficient (Wildman–Crippen LogP) is 5.04. The Morgan fingerprint density at radius 2 is 1.64 bits per heavy atom. The van der Waals surface area contributed by atoms with Gasteiger partial charge in [-0.25, -0.2) is 0 Å². The average molecular weight is 311 g/mol. The van der Waals surface area contributed by atoms with E-state index in [4.69, 9.17) is 4.74 Å². The molecule has 0 radical (unpaired) electrons. The van der Waals surface area contributed by atoms with Crippen LogP contribution in [0, 0.1) is 29.6 Å². The highest BCUT2D eigenvalue weighted by Crippen LogP contribution is 2.43. The van der Waals surface area contributed by atoms with Crippen molar-refractivity contribution in [2.24, 2.45) is 29.6 Å². The minimum absolute atomic E-state index is 0.125. The van der Waals surface area contributed by atoms with Crippen molar-refractivity contribution in [2.75, 3.05) is 0 Å². The molecule has 2 heteroatoms. The van der Waals surface area contributed by atoms with Gasteiger partial charge in [-0.2, -0.15) is 0 Å². The fraction of sp³-hybridized carbons (Fsp3) is 1.00. The molecule has 0 bridgehead atoms. The molecule has 22 heavy (non-hydrogen) atoms. The molecule has 2 saturated carbocycles. The van der Waals surface area contributed by atoms with Crippen LogP contribution in [0.2, 0.25) is 0 Å². The molecular weight excluding hydrogens is 272 g/mol. The second kappa shape index (κ2) is 7.21. The third-order valence-electron chi connectivity index (χ3n) is 6.40. The molecule has 0 aromatic rings. The van der Waals surface area contributed by atoms with E-state index in [1.807, 2.05) is 0 Å². The third-order valence-corrected chi connectivity index (χ3v) is 6.40. The summed E-state index contributed by atoms with van der Waals surface area (Å²) >= 11 is 0. The number of rotatable bonds is 4. The normalized spacial score (nSPS) is 43.8. The maximum absolute atomic E-state index is 10.6. The van der Waals surface area contributed by atoms with E-state index >= 15 is 0 Å². The number of hydrogen-bond acceptors (Lipinski definition) is 2. The third kappa shape index (κ3) is 4.26. The second-order valence-electron chi connectivity index (χ2n) is 9.15. The van der Waals surface area contributed by atoms with E-state index in [2.05, 4.69) is 41.5 Å². The highest BCUT2D eigenvalue weighted by molar-refractivity contribution is 4.92. The average Bonchev–Trinajstić information content (AvgIpc) is 2.37. The summed E-state index contributed by atoms with van der Waals surface area (Å²) < 4.78 is 6.70. The van der Waals surface area contributed by atoms with Crippen LogP contribution in [0.4, 0.5) is 0 Å². The molecular formula is C20H38O2. The van der Waals surface area contributed by atoms with E-state index in [0.717, 1.165) is 25.2 Å². The van der Waals surface area contributed by atoms with Crippen LogP contribution in [0.15, 0.2) is 0 Å². The summed E-state index contributed by atoms with van der Waals surface area (Å²) in [7, 11) is 0. The monoisotopic (exact) mass is 310 g/mol. The molecule has 2 aliphatic rings. The van der Waals surface area contributed by atoms with Crippen LogP contribution in [-0.4, -0.2) is 22.9 Å². The van der Waals surface area contributed by atoms with Gasteiger partial charge < -0.3 is 9.84 Å². The Hall–Kier alpha value is -0.0800. The van der Waals surface area contributed by atoms with Crippen molar-refractivity contribution in [3.05, 3.63) is 0 Å². The van der Waals surface area contributed by atoms with Crippen molar-refractivity contribution in [2.45, 2.75) is 97.9 Å². The van der Waals surface area contributed by atoms with Crippen LogP contribution >= 0.6 is 0 Å². The molecule has 1 N–H and O–H groups in total. The lowest BCUT2D eigenvalue weighted by Crippen LogP contribution is -2.48. The first-order valence-corrected chi connectivity index (χ1v) is 9.57. The second-order valence-corrected chi connectivity index (χ2v) is 9.15. The molecule has 0 aromatic carbocycles. The molecule has 2 rings (SSSR count). The largest absolute Gasteiger partial charge is 0.393 e. The molecule has 0 unspecified atom stereocenters. The predicted molar refractivity (Wildman–Crippen MR) is 92.8 cm³/mol. The summed E-state index contributed by atoms with van der Waals surface area (Å²) in [6.45, 7) is 13.7. The summed E-state index contributed by atoms with van der Waals surface area (Å²) in [6, 6.07) is 0. The summed E-state index contributed by atoms with van der Waals surface area (Å²) in [5.41, 5.74) is -0.125. The molecule has 0 amide bonds. The Morgan fingerprint density at radius 3 is 2.18 bits per heavy atom. The molecule has 0 spiro atoms. The van der Waals surface area contributed by atoms with Crippen molar-refractivity contribution in [3.63, 3.8) is 0 Å². The van der Waals surface area contributed by atoms with Crippen LogP contribution in [0.1, 0.15) is 80.1 Å². The molecule has 2 nitrogen and oxygen atoms in total. The van der Waals surface area contributed by atoms with E-state index in [1.165, 1.54) is 19.3 Å². The van der Waals surface area contributed by atoms with Crippen LogP contribution in [-0.2, 0) is 4.74 Å². The van der Waals surface area contributed by atoms with Crippen molar-refractivity contribution in [1.82, 2.24) is 0 Å². The minimum Gasteiger partial charge on any atom is -0.393 e. The lowest BCUT2D eigenvalue weighted by atomic mass is 9.72. The first-order valence-electron chi connectivity index (χ1n) is 9.57. The summed E-state index contributed by atoms with van der Waals surface area (Å²) in [4.78, 5) is 0. The topological polar surface area (TPSA) is 29.5 Å². The molecule has 6 atom stereocenters. The van der Waals surface area contributed by atoms with Gasteiger partial charge in [0.25, 0.3) is 0 Å². The van der Waals surface area contributed by atoms with E-state index in [9.17, 15) is 5.11 Å². The molecule has 0 heterocycles. The molecule has 0 saturated heterocycles. The lowest BCUT2D eigenvalue weighted by Gasteiger charge is -2.47. The van der Waals surface area contributed by atoms with E-state index in [1.54, 1.807) is 0 Å². The van der Waals surface area contributed by atoms with E-state index in [0.29, 0.717) is 29.8 Å². The highest BCUT2D eigenvalue weighted by Gasteiger charge is 2.42. The molecule has 0 aliphatic heterocycles. The van der Waals surface area contributed by atoms with Gasteiger partial charge in [-0.1, -0.05) is 41.0 Å². The van der Waals surface area contributed by atoms with Crippen LogP contribution in [0.5, 0.6) is 0 Å². The molecule has 130 valence electrons. The zero-order valence-corrected chi connectivity index (χ0v) is 15.6. The van der Waals surface area contributed by atoms with Crippen LogP contribution < -0.4 is 0 Å². The van der Waals surface area contributed by atoms with Gasteiger partial charge in [-0.05, 0) is 62.2 Å². The molecule has 2 fully saturated rings. The van der Waals surface area contributed by atoms with Gasteiger partial charge in [0, 0.05) is 6.42 Å². The van der Waals surface area contributed by atoms with Gasteiger partial charge in [0.2, 0.25) is 0 Å². The van der Waals surface area contributed by atoms with Crippen LogP contribution in [0.3, 0.4) is 0 Å². The first-order chi connectivity index (χ1) is 10.2. The van der Waals surface area contributed by atoms with Gasteiger partial charge in [0.15, 0.2) is 0 Å². The SMILES string of the molecule is CC(C)[C@@H]1CC[C@@](C)(O[C@@H]2C[C@H](C)CC[C@H]2C(C)C)C[C@H]1O. The zero-order valence-electron chi connectivity index (χ0n) is 15.6. The van der Waals surface area contributed by atoms with Crippen LogP contribution in [0.25, 0.3) is 0 Å². The van der Waals surface area contributed by atoms with Gasteiger partial charge in [0.05, 0.1) is 17.8 Å². The maximum atomic E-state index is 10.6. The molecule has 0 aromatic heterocycles. The van der Waals surface area contributed by atoms with Gasteiger partial charge in [-0.3, -0.25) is 0 Å². The number of aliphatic hydroxyl groups is 1. The highest BCUT2D eigenvalue weighted by atomic mass is 16.5. The van der Waals surface area contributed by atoms with Gasteiger partial charge in [0.1, 0.15) is 0 Å². The standard InChI is InChI=1S/C20H38O2/c1-13(2)16-9-10-20(6,12-18(16)21)22-19-11-15(5)7-8-17(19)14(3)4/h13-19,21H,7-12H2,1-6H3/t15-,16+,17+,18-,19-,20-/m1/s1. The Morgan fingerprint density at radius 1 is 1.00 bits per heavy atom. The Labute approximate surface area is 138 Å². The first kappa shape index (κ1) is 18.3. The van der Waals surface area contributed by atoms with Crippen molar-refractivity contribution >= 4 is 0 Å². The smallest absolute Gasteiger partial charge is 0.0683 e. The van der Waals surface area contributed by atoms with Crippen molar-refractivity contribution in [3.8, 4) is 0 Å². The summed E-state index contributed by atoms with van der Waals surface area (Å²) in [6.07, 6.45) is 7.04. The summed E-state index contributed by atoms with van der Waals surface area (Å²) in [5.74, 6) is 3.17. The van der Waals surface area contributed by atoms with Gasteiger partial charge >= 0.3 is 0 Å². The molecule has 2 aliphatic carbocycles. The van der Waals surface area contributed by atoms with E-state index in [-0.39, 0.29) is 11.7 Å². The van der Waals surface area contributed by atoms with E-state index < -0.39 is 0 Å². The number of ether oxygens (including phenoxy) is 1. The Bertz CT molecular complexity index is 352. The fourth-order valence-corrected chi connectivity index (χ4v) is 4.86. The Balaban J connectivity index is 2.01. The maximum Gasteiger partial charge on any atom is 0.0683 e. The number of hydrogen-bond donors (Lipinski definition) is 1. The minimum atomic E-state index is -0.197.